The summed E-state index contributed by atoms with van der Waals surface area (Å²) >= 11 is 0. The van der Waals surface area contributed by atoms with Crippen LogP contribution < -0.4 is 11.2 Å². The summed E-state index contributed by atoms with van der Waals surface area (Å²) < 4.78 is 2.19. The van der Waals surface area contributed by atoms with Crippen LogP contribution in [0.3, 0.4) is 0 Å². The number of benzene rings is 2. The summed E-state index contributed by atoms with van der Waals surface area (Å²) in [6.07, 6.45) is 1.68. The largest absolute Gasteiger partial charge is 0.494 e. The lowest BCUT2D eigenvalue weighted by atomic mass is 10.2. The molecule has 0 fully saturated rings. The van der Waals surface area contributed by atoms with E-state index in [2.05, 4.69) is 6.58 Å². The minimum atomic E-state index is -0.622. The average molecular weight is 320 g/mol. The molecule has 3 aromatic rings. The van der Waals surface area contributed by atoms with E-state index >= 15 is 0 Å². The summed E-state index contributed by atoms with van der Waals surface area (Å²) in [4.78, 5) is 25.6. The van der Waals surface area contributed by atoms with Crippen molar-refractivity contribution in [1.82, 2.24) is 9.13 Å². The van der Waals surface area contributed by atoms with Crippen molar-refractivity contribution in [3.63, 3.8) is 0 Å². The smallest absolute Gasteiger partial charge is 0.343 e. The molecule has 0 saturated heterocycles. The number of rotatable bonds is 4. The van der Waals surface area contributed by atoms with Gasteiger partial charge in [0.15, 0.2) is 0 Å². The molecule has 0 bridgehead atoms. The van der Waals surface area contributed by atoms with Crippen molar-refractivity contribution in [2.75, 3.05) is 0 Å². The standard InChI is InChI=1S/C19H16N2O3/c1-2-9-16-17(22)20(14-10-5-3-6-11-14)19(24)21(18(16)23)15-12-7-4-8-13-15/h2-8,10-13,22H,1,9H2. The first kappa shape index (κ1) is 15.6. The molecule has 0 amide bonds. The lowest BCUT2D eigenvalue weighted by molar-refractivity contribution is 0.421. The maximum absolute atomic E-state index is 12.9. The second-order valence-electron chi connectivity index (χ2n) is 5.22. The molecule has 1 aromatic heterocycles. The number of nitrogens with zero attached hydrogens (tertiary/aromatic N) is 2. The molecule has 5 heteroatoms. The molecule has 0 aliphatic carbocycles. The van der Waals surface area contributed by atoms with Gasteiger partial charge in [0, 0.05) is 6.42 Å². The molecule has 24 heavy (non-hydrogen) atoms. The molecular weight excluding hydrogens is 304 g/mol. The van der Waals surface area contributed by atoms with Gasteiger partial charge in [-0.05, 0) is 24.3 Å². The highest BCUT2D eigenvalue weighted by Gasteiger charge is 2.19. The van der Waals surface area contributed by atoms with Crippen molar-refractivity contribution in [3.05, 3.63) is 99.7 Å². The number of aromatic nitrogens is 2. The highest BCUT2D eigenvalue weighted by molar-refractivity contribution is 5.41. The number of aromatic hydroxyl groups is 1. The SMILES string of the molecule is C=CCc1c(O)n(-c2ccccc2)c(=O)n(-c2ccccc2)c1=O. The zero-order chi connectivity index (χ0) is 17.1. The van der Waals surface area contributed by atoms with E-state index in [4.69, 9.17) is 0 Å². The van der Waals surface area contributed by atoms with Gasteiger partial charge in [0.2, 0.25) is 5.88 Å². The molecule has 3 rings (SSSR count). The van der Waals surface area contributed by atoms with Gasteiger partial charge in [0.25, 0.3) is 5.56 Å². The van der Waals surface area contributed by atoms with Crippen LogP contribution in [0.15, 0.2) is 82.9 Å². The fraction of sp³-hybridized carbons (Fsp3) is 0.0526. The summed E-state index contributed by atoms with van der Waals surface area (Å²) in [6.45, 7) is 3.62. The molecule has 120 valence electrons. The monoisotopic (exact) mass is 320 g/mol. The zero-order valence-electron chi connectivity index (χ0n) is 12.9. The third kappa shape index (κ3) is 2.56. The van der Waals surface area contributed by atoms with Gasteiger partial charge < -0.3 is 5.11 Å². The normalized spacial score (nSPS) is 10.5. The van der Waals surface area contributed by atoms with E-state index < -0.39 is 11.2 Å². The van der Waals surface area contributed by atoms with Crippen LogP contribution in [0, 0.1) is 0 Å². The van der Waals surface area contributed by atoms with Crippen LogP contribution in [0.2, 0.25) is 0 Å². The minimum absolute atomic E-state index is 0.123. The van der Waals surface area contributed by atoms with Crippen molar-refractivity contribution in [2.45, 2.75) is 6.42 Å². The molecule has 5 nitrogen and oxygen atoms in total. The second kappa shape index (κ2) is 6.42. The van der Waals surface area contributed by atoms with Gasteiger partial charge >= 0.3 is 5.69 Å². The van der Waals surface area contributed by atoms with Crippen molar-refractivity contribution in [2.24, 2.45) is 0 Å². The van der Waals surface area contributed by atoms with Gasteiger partial charge in [0.1, 0.15) is 0 Å². The molecule has 1 N–H and O–H groups in total. The molecule has 0 unspecified atom stereocenters. The Morgan fingerprint density at radius 3 is 1.88 bits per heavy atom. The van der Waals surface area contributed by atoms with Crippen LogP contribution in [0.25, 0.3) is 11.4 Å². The average Bonchev–Trinajstić information content (AvgIpc) is 2.61. The minimum Gasteiger partial charge on any atom is -0.494 e. The predicted molar refractivity (Wildman–Crippen MR) is 93.2 cm³/mol. The van der Waals surface area contributed by atoms with E-state index in [-0.39, 0.29) is 17.9 Å². The van der Waals surface area contributed by atoms with Crippen LogP contribution in [-0.2, 0) is 6.42 Å². The van der Waals surface area contributed by atoms with E-state index in [1.165, 1.54) is 6.08 Å². The van der Waals surface area contributed by atoms with Crippen molar-refractivity contribution in [3.8, 4) is 17.3 Å². The van der Waals surface area contributed by atoms with Gasteiger partial charge in [-0.3, -0.25) is 4.79 Å². The van der Waals surface area contributed by atoms with E-state index in [1.807, 2.05) is 6.07 Å². The molecule has 0 spiro atoms. The molecule has 0 atom stereocenters. The predicted octanol–water partition coefficient (Wildman–Crippen LogP) is 2.42. The van der Waals surface area contributed by atoms with E-state index in [9.17, 15) is 14.7 Å². The first-order valence-corrected chi connectivity index (χ1v) is 7.46. The Hall–Kier alpha value is -3.34. The summed E-state index contributed by atoms with van der Waals surface area (Å²) in [5, 5.41) is 10.5. The molecule has 1 heterocycles. The van der Waals surface area contributed by atoms with Gasteiger partial charge in [-0.25, -0.2) is 13.9 Å². The van der Waals surface area contributed by atoms with E-state index in [1.54, 1.807) is 54.6 Å². The Morgan fingerprint density at radius 1 is 0.875 bits per heavy atom. The lowest BCUT2D eigenvalue weighted by Crippen LogP contribution is -2.39. The Labute approximate surface area is 138 Å². The van der Waals surface area contributed by atoms with Crippen LogP contribution in [0.1, 0.15) is 5.56 Å². The second-order valence-corrected chi connectivity index (χ2v) is 5.22. The number of hydrogen-bond acceptors (Lipinski definition) is 3. The molecule has 0 radical (unpaired) electrons. The Kier molecular flexibility index (Phi) is 4.16. The Bertz CT molecular complexity index is 987. The number of hydrogen-bond donors (Lipinski definition) is 1. The van der Waals surface area contributed by atoms with Gasteiger partial charge in [-0.2, -0.15) is 0 Å². The quantitative estimate of drug-likeness (QED) is 0.751. The first-order valence-electron chi connectivity index (χ1n) is 7.46. The number of allylic oxidation sites excluding steroid dienone is 1. The Balaban J connectivity index is 2.43. The maximum Gasteiger partial charge on any atom is 0.343 e. The summed E-state index contributed by atoms with van der Waals surface area (Å²) in [5.74, 6) is -0.358. The molecule has 2 aromatic carbocycles. The third-order valence-electron chi connectivity index (χ3n) is 3.70. The van der Waals surface area contributed by atoms with Gasteiger partial charge in [0.05, 0.1) is 16.9 Å². The third-order valence-corrected chi connectivity index (χ3v) is 3.70. The summed E-state index contributed by atoms with van der Waals surface area (Å²) in [6, 6.07) is 17.3. The molecule has 0 saturated carbocycles. The topological polar surface area (TPSA) is 64.2 Å². The van der Waals surface area contributed by atoms with Gasteiger partial charge in [-0.15, -0.1) is 6.58 Å². The van der Waals surface area contributed by atoms with Crippen LogP contribution >= 0.6 is 0 Å². The maximum atomic E-state index is 12.9. The molecule has 0 aliphatic heterocycles. The highest BCUT2D eigenvalue weighted by atomic mass is 16.3. The van der Waals surface area contributed by atoms with Crippen LogP contribution in [0.5, 0.6) is 5.88 Å². The van der Waals surface area contributed by atoms with Crippen molar-refractivity contribution >= 4 is 0 Å². The first-order chi connectivity index (χ1) is 11.6. The van der Waals surface area contributed by atoms with Crippen molar-refractivity contribution in [1.29, 1.82) is 0 Å². The van der Waals surface area contributed by atoms with E-state index in [0.29, 0.717) is 11.4 Å². The zero-order valence-corrected chi connectivity index (χ0v) is 12.9. The molecule has 0 aliphatic rings. The van der Waals surface area contributed by atoms with Crippen LogP contribution in [0.4, 0.5) is 0 Å². The van der Waals surface area contributed by atoms with E-state index in [0.717, 1.165) is 9.13 Å². The highest BCUT2D eigenvalue weighted by Crippen LogP contribution is 2.18. The van der Waals surface area contributed by atoms with Crippen LogP contribution in [-0.4, -0.2) is 14.2 Å². The fourth-order valence-corrected chi connectivity index (χ4v) is 2.58. The lowest BCUT2D eigenvalue weighted by Gasteiger charge is -2.15. The van der Waals surface area contributed by atoms with Gasteiger partial charge in [-0.1, -0.05) is 42.5 Å². The van der Waals surface area contributed by atoms with Crippen molar-refractivity contribution < 1.29 is 5.11 Å². The summed E-state index contributed by atoms with van der Waals surface area (Å²) in [7, 11) is 0. The summed E-state index contributed by atoms with van der Waals surface area (Å²) in [5.41, 5.74) is -0.117. The molecular formula is C19H16N2O3. The number of para-hydroxylation sites is 2. The fourth-order valence-electron chi connectivity index (χ4n) is 2.58. The Morgan fingerprint density at radius 2 is 1.38 bits per heavy atom.